The van der Waals surface area contributed by atoms with E-state index in [1.807, 2.05) is 0 Å². The fraction of sp³-hybridized carbons (Fsp3) is 0.556. The Morgan fingerprint density at radius 2 is 1.57 bits per heavy atom. The number of hydrogen-bond donors (Lipinski definition) is 0. The van der Waals surface area contributed by atoms with Crippen molar-refractivity contribution >= 4 is 0 Å². The molecule has 0 amide bonds. The van der Waals surface area contributed by atoms with Gasteiger partial charge in [-0.25, -0.2) is 0 Å². The molecule has 0 bridgehead atoms. The molecule has 1 fully saturated rings. The molecule has 0 radical (unpaired) electrons. The van der Waals surface area contributed by atoms with Gasteiger partial charge in [0.1, 0.15) is 0 Å². The molecule has 1 heteroatoms. The van der Waals surface area contributed by atoms with E-state index in [1.54, 1.807) is 0 Å². The molecule has 1 aliphatic rings. The van der Waals surface area contributed by atoms with Gasteiger partial charge in [-0.05, 0) is 85.7 Å². The SMILES string of the molecule is CC(CCCN1CCC(Cc2ccccc2)CC1)c1ccc(C(C)(C)C)cc1. The van der Waals surface area contributed by atoms with Crippen LogP contribution >= 0.6 is 0 Å². The highest BCUT2D eigenvalue weighted by molar-refractivity contribution is 5.29. The van der Waals surface area contributed by atoms with Gasteiger partial charge in [0.15, 0.2) is 0 Å². The second-order valence-corrected chi connectivity index (χ2v) is 9.89. The summed E-state index contributed by atoms with van der Waals surface area (Å²) in [6.07, 6.45) is 6.58. The Balaban J connectivity index is 1.36. The quantitative estimate of drug-likeness (QED) is 0.511. The Kier molecular flexibility index (Phi) is 7.35. The first-order valence-electron chi connectivity index (χ1n) is 11.3. The summed E-state index contributed by atoms with van der Waals surface area (Å²) in [5, 5.41) is 0. The lowest BCUT2D eigenvalue weighted by atomic mass is 9.85. The summed E-state index contributed by atoms with van der Waals surface area (Å²) in [5.41, 5.74) is 4.68. The standard InChI is InChI=1S/C27H39N/c1-22(25-12-14-26(15-13-25)27(2,3)4)9-8-18-28-19-16-24(17-20-28)21-23-10-6-5-7-11-23/h5-7,10-15,22,24H,8-9,16-21H2,1-4H3. The maximum Gasteiger partial charge on any atom is -0.00160 e. The molecule has 0 spiro atoms. The van der Waals surface area contributed by atoms with E-state index in [0.717, 1.165) is 5.92 Å². The molecule has 1 nitrogen and oxygen atoms in total. The zero-order chi connectivity index (χ0) is 20.0. The van der Waals surface area contributed by atoms with Crippen LogP contribution in [0.25, 0.3) is 0 Å². The van der Waals surface area contributed by atoms with Crippen molar-refractivity contribution in [2.75, 3.05) is 19.6 Å². The molecule has 1 saturated heterocycles. The highest BCUT2D eigenvalue weighted by Gasteiger charge is 2.19. The van der Waals surface area contributed by atoms with Crippen LogP contribution in [0.5, 0.6) is 0 Å². The number of nitrogens with zero attached hydrogens (tertiary/aromatic N) is 1. The van der Waals surface area contributed by atoms with Crippen molar-refractivity contribution in [2.45, 2.75) is 71.1 Å². The Hall–Kier alpha value is -1.60. The zero-order valence-electron chi connectivity index (χ0n) is 18.5. The first kappa shape index (κ1) is 21.1. The van der Waals surface area contributed by atoms with Gasteiger partial charge in [0.05, 0.1) is 0 Å². The van der Waals surface area contributed by atoms with Crippen molar-refractivity contribution in [3.8, 4) is 0 Å². The summed E-state index contributed by atoms with van der Waals surface area (Å²) in [5.74, 6) is 1.53. The van der Waals surface area contributed by atoms with E-state index in [1.165, 1.54) is 68.4 Å². The molecule has 0 N–H and O–H groups in total. The summed E-state index contributed by atoms with van der Waals surface area (Å²) >= 11 is 0. The summed E-state index contributed by atoms with van der Waals surface area (Å²) in [6, 6.07) is 20.4. The molecule has 1 aliphatic heterocycles. The van der Waals surface area contributed by atoms with Crippen LogP contribution in [0.1, 0.15) is 76.0 Å². The van der Waals surface area contributed by atoms with E-state index in [-0.39, 0.29) is 5.41 Å². The van der Waals surface area contributed by atoms with Crippen molar-refractivity contribution in [1.29, 1.82) is 0 Å². The Morgan fingerprint density at radius 3 is 2.18 bits per heavy atom. The predicted molar refractivity (Wildman–Crippen MR) is 122 cm³/mol. The highest BCUT2D eigenvalue weighted by atomic mass is 15.1. The van der Waals surface area contributed by atoms with Gasteiger partial charge in [0.2, 0.25) is 0 Å². The fourth-order valence-electron chi connectivity index (χ4n) is 4.46. The number of rotatable bonds is 7. The number of piperidine rings is 1. The molecule has 28 heavy (non-hydrogen) atoms. The Labute approximate surface area is 173 Å². The predicted octanol–water partition coefficient (Wildman–Crippen LogP) is 6.82. The van der Waals surface area contributed by atoms with Gasteiger partial charge in [-0.2, -0.15) is 0 Å². The monoisotopic (exact) mass is 377 g/mol. The third-order valence-electron chi connectivity index (χ3n) is 6.53. The summed E-state index contributed by atoms with van der Waals surface area (Å²) in [4.78, 5) is 2.69. The molecule has 0 aliphatic carbocycles. The molecule has 2 aromatic carbocycles. The molecule has 0 aromatic heterocycles. The molecule has 0 saturated carbocycles. The van der Waals surface area contributed by atoms with Crippen LogP contribution in [-0.2, 0) is 11.8 Å². The van der Waals surface area contributed by atoms with Crippen LogP contribution in [0.2, 0.25) is 0 Å². The third kappa shape index (κ3) is 6.21. The molecule has 1 unspecified atom stereocenters. The summed E-state index contributed by atoms with van der Waals surface area (Å²) in [6.45, 7) is 13.1. The van der Waals surface area contributed by atoms with Crippen LogP contribution in [-0.4, -0.2) is 24.5 Å². The second-order valence-electron chi connectivity index (χ2n) is 9.89. The Morgan fingerprint density at radius 1 is 0.929 bits per heavy atom. The van der Waals surface area contributed by atoms with E-state index >= 15 is 0 Å². The van der Waals surface area contributed by atoms with Gasteiger partial charge in [-0.15, -0.1) is 0 Å². The minimum absolute atomic E-state index is 0.244. The number of benzene rings is 2. The molecule has 1 atom stereocenters. The van der Waals surface area contributed by atoms with Gasteiger partial charge < -0.3 is 4.90 Å². The topological polar surface area (TPSA) is 3.24 Å². The van der Waals surface area contributed by atoms with E-state index in [2.05, 4.69) is 87.2 Å². The van der Waals surface area contributed by atoms with Gasteiger partial charge in [-0.3, -0.25) is 0 Å². The van der Waals surface area contributed by atoms with E-state index in [4.69, 9.17) is 0 Å². The molecular weight excluding hydrogens is 338 g/mol. The molecule has 1 heterocycles. The highest BCUT2D eigenvalue weighted by Crippen LogP contribution is 2.27. The fourth-order valence-corrected chi connectivity index (χ4v) is 4.46. The van der Waals surface area contributed by atoms with E-state index < -0.39 is 0 Å². The maximum atomic E-state index is 2.69. The smallest absolute Gasteiger partial charge is 0.00160 e. The summed E-state index contributed by atoms with van der Waals surface area (Å²) < 4.78 is 0. The molecule has 152 valence electrons. The van der Waals surface area contributed by atoms with Crippen molar-refractivity contribution in [2.24, 2.45) is 5.92 Å². The lowest BCUT2D eigenvalue weighted by Crippen LogP contribution is -2.35. The third-order valence-corrected chi connectivity index (χ3v) is 6.53. The van der Waals surface area contributed by atoms with Gasteiger partial charge in [0, 0.05) is 0 Å². The van der Waals surface area contributed by atoms with Gasteiger partial charge in [0.25, 0.3) is 0 Å². The minimum atomic E-state index is 0.244. The second kappa shape index (κ2) is 9.74. The van der Waals surface area contributed by atoms with Crippen LogP contribution in [0.3, 0.4) is 0 Å². The van der Waals surface area contributed by atoms with Crippen LogP contribution in [0, 0.1) is 5.92 Å². The normalized spacial score (nSPS) is 17.6. The van der Waals surface area contributed by atoms with Crippen molar-refractivity contribution < 1.29 is 0 Å². The van der Waals surface area contributed by atoms with Gasteiger partial charge in [-0.1, -0.05) is 82.3 Å². The molecule has 2 aromatic rings. The van der Waals surface area contributed by atoms with Crippen LogP contribution < -0.4 is 0 Å². The largest absolute Gasteiger partial charge is 0.303 e. The first-order chi connectivity index (χ1) is 13.4. The van der Waals surface area contributed by atoms with Gasteiger partial charge >= 0.3 is 0 Å². The average molecular weight is 378 g/mol. The lowest BCUT2D eigenvalue weighted by Gasteiger charge is -2.32. The minimum Gasteiger partial charge on any atom is -0.303 e. The Bertz CT molecular complexity index is 687. The van der Waals surface area contributed by atoms with E-state index in [0.29, 0.717) is 5.92 Å². The van der Waals surface area contributed by atoms with Crippen molar-refractivity contribution in [1.82, 2.24) is 4.90 Å². The van der Waals surface area contributed by atoms with Crippen LogP contribution in [0.4, 0.5) is 0 Å². The lowest BCUT2D eigenvalue weighted by molar-refractivity contribution is 0.180. The summed E-state index contributed by atoms with van der Waals surface area (Å²) in [7, 11) is 0. The van der Waals surface area contributed by atoms with Crippen molar-refractivity contribution in [3.63, 3.8) is 0 Å². The van der Waals surface area contributed by atoms with Crippen LogP contribution in [0.15, 0.2) is 54.6 Å². The van der Waals surface area contributed by atoms with E-state index in [9.17, 15) is 0 Å². The average Bonchev–Trinajstić information content (AvgIpc) is 2.69. The number of hydrogen-bond acceptors (Lipinski definition) is 1. The molecular formula is C27H39N. The first-order valence-corrected chi connectivity index (χ1v) is 11.3. The zero-order valence-corrected chi connectivity index (χ0v) is 18.5. The molecule has 3 rings (SSSR count). The number of likely N-dealkylation sites (tertiary alicyclic amines) is 1. The van der Waals surface area contributed by atoms with Crippen molar-refractivity contribution in [3.05, 3.63) is 71.3 Å². The maximum absolute atomic E-state index is 2.69.